The molecule has 1 fully saturated rings. The molecule has 2 aromatic heterocycles. The van der Waals surface area contributed by atoms with Crippen LogP contribution < -0.4 is 10.6 Å². The number of hydrogen-bond donors (Lipinski definition) is 4. The van der Waals surface area contributed by atoms with Gasteiger partial charge >= 0.3 is 0 Å². The predicted molar refractivity (Wildman–Crippen MR) is 195 cm³/mol. The highest BCUT2D eigenvalue weighted by molar-refractivity contribution is 7.09. The molecule has 0 saturated carbocycles. The summed E-state index contributed by atoms with van der Waals surface area (Å²) in [7, 11) is 3.78. The Balaban J connectivity index is 1.50. The largest absolute Gasteiger partial charge is 0.508 e. The monoisotopic (exact) mass is 725 g/mol. The molecule has 3 heterocycles. The average Bonchev–Trinajstić information content (AvgIpc) is 3.84. The summed E-state index contributed by atoms with van der Waals surface area (Å²) in [5.74, 6) is -0.123. The first-order valence-electron chi connectivity index (χ1n) is 18.1. The molecule has 51 heavy (non-hydrogen) atoms. The van der Waals surface area contributed by atoms with E-state index in [1.165, 1.54) is 11.3 Å². The van der Waals surface area contributed by atoms with Crippen LogP contribution in [0.15, 0.2) is 29.6 Å². The maximum Gasteiger partial charge on any atom is 0.271 e. The van der Waals surface area contributed by atoms with Gasteiger partial charge in [-0.25, -0.2) is 4.98 Å². The number of amides is 3. The highest BCUT2D eigenvalue weighted by Gasteiger charge is 2.37. The third-order valence-electron chi connectivity index (χ3n) is 9.83. The number of carbonyl (C=O) groups excluding carboxylic acids is 3. The van der Waals surface area contributed by atoms with E-state index in [-0.39, 0.29) is 47.2 Å². The molecule has 6 unspecified atom stereocenters. The van der Waals surface area contributed by atoms with Crippen molar-refractivity contribution in [2.24, 2.45) is 11.8 Å². The van der Waals surface area contributed by atoms with Gasteiger partial charge in [0, 0.05) is 37.9 Å². The van der Waals surface area contributed by atoms with Crippen LogP contribution in [-0.2, 0) is 20.7 Å². The maximum atomic E-state index is 14.2. The topological polar surface area (TPSA) is 179 Å². The number of nitrogens with zero attached hydrogens (tertiary/aromatic N) is 6. The van der Waals surface area contributed by atoms with Crippen molar-refractivity contribution in [1.82, 2.24) is 46.0 Å². The van der Waals surface area contributed by atoms with E-state index in [0.29, 0.717) is 30.3 Å². The zero-order valence-electron chi connectivity index (χ0n) is 31.0. The van der Waals surface area contributed by atoms with Crippen molar-refractivity contribution in [1.29, 1.82) is 0 Å². The first-order chi connectivity index (χ1) is 24.4. The van der Waals surface area contributed by atoms with Crippen molar-refractivity contribution in [3.05, 3.63) is 51.7 Å². The van der Waals surface area contributed by atoms with Gasteiger partial charge < -0.3 is 25.4 Å². The Morgan fingerprint density at radius 1 is 1.14 bits per heavy atom. The highest BCUT2D eigenvalue weighted by atomic mass is 32.1. The van der Waals surface area contributed by atoms with Crippen LogP contribution in [0.25, 0.3) is 0 Å². The van der Waals surface area contributed by atoms with Crippen LogP contribution in [-0.4, -0.2) is 104 Å². The molecular formula is C36H55N9O5S. The van der Waals surface area contributed by atoms with Crippen LogP contribution in [0, 0.1) is 11.8 Å². The number of nitrogens with one attached hydrogen (secondary N) is 3. The molecule has 4 N–H and O–H groups in total. The molecule has 0 radical (unpaired) electrons. The number of benzene rings is 1. The first kappa shape index (κ1) is 39.8. The number of rotatable bonds is 18. The summed E-state index contributed by atoms with van der Waals surface area (Å²) >= 11 is 1.34. The van der Waals surface area contributed by atoms with Gasteiger partial charge in [-0.3, -0.25) is 19.3 Å². The molecule has 0 bridgehead atoms. The first-order valence-corrected chi connectivity index (χ1v) is 19.0. The predicted octanol–water partition coefficient (Wildman–Crippen LogP) is 4.43. The molecule has 3 amide bonds. The van der Waals surface area contributed by atoms with Crippen LogP contribution >= 0.6 is 11.3 Å². The molecule has 14 nitrogen and oxygen atoms in total. The Bertz CT molecular complexity index is 1530. The fraction of sp³-hybridized carbons (Fsp3) is 0.639. The fourth-order valence-electron chi connectivity index (χ4n) is 6.48. The number of phenolic OH excluding ortho intramolecular Hbond substituents is 1. The third-order valence-corrected chi connectivity index (χ3v) is 10.8. The summed E-state index contributed by atoms with van der Waals surface area (Å²) in [4.78, 5) is 49.8. The van der Waals surface area contributed by atoms with E-state index >= 15 is 0 Å². The SMILES string of the molecule is CCCOC(CC(C(C)C)N(C)C(=O)C(NC(=O)C1CCCCN1C)C(C)CC)c1nc(C(=O)NC(Cc2ccc(O)cc2)c2nn[nH]n2)cs1. The molecule has 1 aromatic carbocycles. The van der Waals surface area contributed by atoms with Crippen molar-refractivity contribution >= 4 is 29.1 Å². The van der Waals surface area contributed by atoms with Crippen molar-refractivity contribution in [2.75, 3.05) is 27.2 Å². The van der Waals surface area contributed by atoms with E-state index in [0.717, 1.165) is 44.2 Å². The van der Waals surface area contributed by atoms with Gasteiger partial charge in [-0.05, 0) is 62.4 Å². The number of aromatic nitrogens is 5. The summed E-state index contributed by atoms with van der Waals surface area (Å²) < 4.78 is 6.34. The lowest BCUT2D eigenvalue weighted by molar-refractivity contribution is -0.141. The Kier molecular flexibility index (Phi) is 14.9. The van der Waals surface area contributed by atoms with Gasteiger partial charge in [0.25, 0.3) is 5.91 Å². The summed E-state index contributed by atoms with van der Waals surface area (Å²) in [5.41, 5.74) is 1.10. The lowest BCUT2D eigenvalue weighted by Gasteiger charge is -2.38. The van der Waals surface area contributed by atoms with Gasteiger partial charge in [-0.2, -0.15) is 5.21 Å². The van der Waals surface area contributed by atoms with E-state index in [1.54, 1.807) is 34.5 Å². The summed E-state index contributed by atoms with van der Waals surface area (Å²) in [6.45, 7) is 11.6. The molecule has 0 spiro atoms. The molecular weight excluding hydrogens is 671 g/mol. The van der Waals surface area contributed by atoms with E-state index in [9.17, 15) is 19.5 Å². The quantitative estimate of drug-likeness (QED) is 0.147. The second-order valence-electron chi connectivity index (χ2n) is 14.0. The molecule has 1 saturated heterocycles. The Labute approximate surface area is 305 Å². The van der Waals surface area contributed by atoms with E-state index < -0.39 is 24.1 Å². The molecule has 0 aliphatic carbocycles. The molecule has 280 valence electrons. The van der Waals surface area contributed by atoms with Crippen LogP contribution in [0.4, 0.5) is 0 Å². The normalized spacial score (nSPS) is 18.1. The zero-order valence-corrected chi connectivity index (χ0v) is 31.8. The number of tetrazole rings is 1. The highest BCUT2D eigenvalue weighted by Crippen LogP contribution is 2.31. The second kappa shape index (κ2) is 19.0. The lowest BCUT2D eigenvalue weighted by atomic mass is 9.92. The van der Waals surface area contributed by atoms with Crippen molar-refractivity contribution in [3.63, 3.8) is 0 Å². The number of likely N-dealkylation sites (N-methyl/N-ethyl adjacent to an activating group) is 2. The van der Waals surface area contributed by atoms with Crippen molar-refractivity contribution < 1.29 is 24.2 Å². The molecule has 1 aliphatic rings. The van der Waals surface area contributed by atoms with Crippen LogP contribution in [0.3, 0.4) is 0 Å². The van der Waals surface area contributed by atoms with Crippen LogP contribution in [0.2, 0.25) is 0 Å². The fourth-order valence-corrected chi connectivity index (χ4v) is 7.34. The number of aromatic hydroxyl groups is 1. The maximum absolute atomic E-state index is 14.2. The van der Waals surface area contributed by atoms with Gasteiger partial charge in [0.2, 0.25) is 11.8 Å². The number of H-pyrrole nitrogens is 1. The van der Waals surface area contributed by atoms with Crippen molar-refractivity contribution in [2.45, 2.75) is 110 Å². The number of likely N-dealkylation sites (tertiary alicyclic amines) is 1. The summed E-state index contributed by atoms with van der Waals surface area (Å²) in [5, 5.41) is 32.4. The minimum atomic E-state index is -0.650. The van der Waals surface area contributed by atoms with E-state index in [4.69, 9.17) is 9.72 Å². The second-order valence-corrected chi connectivity index (χ2v) is 14.8. The van der Waals surface area contributed by atoms with Crippen molar-refractivity contribution in [3.8, 4) is 5.75 Å². The minimum Gasteiger partial charge on any atom is -0.508 e. The van der Waals surface area contributed by atoms with Gasteiger partial charge in [-0.1, -0.05) is 64.8 Å². The van der Waals surface area contributed by atoms with E-state index in [2.05, 4.69) is 50.0 Å². The van der Waals surface area contributed by atoms with Crippen LogP contribution in [0.5, 0.6) is 5.75 Å². The van der Waals surface area contributed by atoms with Gasteiger partial charge in [-0.15, -0.1) is 21.5 Å². The zero-order chi connectivity index (χ0) is 37.1. The molecule has 15 heteroatoms. The third kappa shape index (κ3) is 10.8. The van der Waals surface area contributed by atoms with E-state index in [1.807, 2.05) is 34.9 Å². The average molecular weight is 726 g/mol. The number of thiazole rings is 1. The summed E-state index contributed by atoms with van der Waals surface area (Å²) in [6, 6.07) is 5.00. The molecule has 6 atom stereocenters. The Morgan fingerprint density at radius 2 is 1.88 bits per heavy atom. The molecule has 3 aromatic rings. The summed E-state index contributed by atoms with van der Waals surface area (Å²) in [6.07, 6.45) is 4.76. The lowest BCUT2D eigenvalue weighted by Crippen LogP contribution is -2.58. The molecule has 4 rings (SSSR count). The van der Waals surface area contributed by atoms with Gasteiger partial charge in [0.1, 0.15) is 28.6 Å². The number of carbonyl (C=O) groups is 3. The number of hydrogen-bond acceptors (Lipinski definition) is 11. The molecule has 1 aliphatic heterocycles. The number of ether oxygens (including phenoxy) is 1. The van der Waals surface area contributed by atoms with Gasteiger partial charge in [0.05, 0.1) is 12.1 Å². The Morgan fingerprint density at radius 3 is 2.51 bits per heavy atom. The number of piperidine rings is 1. The number of aromatic amines is 1. The number of phenols is 1. The standard InChI is InChI=1S/C36H55N9O5S/c1-8-18-50-30(20-29(22(3)4)45(7)36(49)31(23(5)9-2)39-34(48)28-12-10-11-17-44(28)6)35-38-27(21-51-35)33(47)37-26(32-40-42-43-41-32)19-24-13-15-25(46)16-14-24/h13-16,21-23,26,28-31,46H,8-12,17-20H2,1-7H3,(H,37,47)(H,39,48)(H,40,41,42,43). The van der Waals surface area contributed by atoms with Gasteiger partial charge in [0.15, 0.2) is 5.82 Å². The Hall–Kier alpha value is -3.95. The smallest absolute Gasteiger partial charge is 0.271 e. The minimum absolute atomic E-state index is 0.0527. The van der Waals surface area contributed by atoms with Crippen LogP contribution in [0.1, 0.15) is 112 Å².